The van der Waals surface area contributed by atoms with E-state index in [0.717, 1.165) is 18.5 Å². The molecule has 0 aliphatic heterocycles. The SMILES string of the molecule is CCC(N)C(c1ccc(F)cc1)N(CC)CC(C)C#N. The zero-order chi connectivity index (χ0) is 15.1. The minimum Gasteiger partial charge on any atom is -0.326 e. The fourth-order valence-corrected chi connectivity index (χ4v) is 2.44. The Kier molecular flexibility index (Phi) is 6.63. The van der Waals surface area contributed by atoms with Crippen LogP contribution in [0.1, 0.15) is 38.8 Å². The molecule has 0 bridgehead atoms. The summed E-state index contributed by atoms with van der Waals surface area (Å²) in [5, 5.41) is 9.01. The molecule has 3 nitrogen and oxygen atoms in total. The maximum atomic E-state index is 13.1. The fraction of sp³-hybridized carbons (Fsp3) is 0.562. The molecule has 0 radical (unpaired) electrons. The molecule has 0 spiro atoms. The van der Waals surface area contributed by atoms with Gasteiger partial charge in [-0.2, -0.15) is 5.26 Å². The van der Waals surface area contributed by atoms with Crippen molar-refractivity contribution in [2.45, 2.75) is 39.3 Å². The van der Waals surface area contributed by atoms with Gasteiger partial charge < -0.3 is 5.73 Å². The molecule has 0 saturated heterocycles. The van der Waals surface area contributed by atoms with Gasteiger partial charge in [0.25, 0.3) is 0 Å². The topological polar surface area (TPSA) is 53.0 Å². The van der Waals surface area contributed by atoms with Gasteiger partial charge in [-0.25, -0.2) is 4.39 Å². The quantitative estimate of drug-likeness (QED) is 0.833. The van der Waals surface area contributed by atoms with Crippen molar-refractivity contribution in [1.29, 1.82) is 5.26 Å². The minimum atomic E-state index is -0.244. The summed E-state index contributed by atoms with van der Waals surface area (Å²) in [6.07, 6.45) is 0.833. The Balaban J connectivity index is 3.04. The zero-order valence-corrected chi connectivity index (χ0v) is 12.5. The summed E-state index contributed by atoms with van der Waals surface area (Å²) in [7, 11) is 0. The molecule has 0 amide bonds. The van der Waals surface area contributed by atoms with E-state index in [1.165, 1.54) is 12.1 Å². The Hall–Kier alpha value is -1.44. The van der Waals surface area contributed by atoms with Crippen LogP contribution >= 0.6 is 0 Å². The lowest BCUT2D eigenvalue weighted by Crippen LogP contribution is -2.42. The second-order valence-electron chi connectivity index (χ2n) is 5.19. The lowest BCUT2D eigenvalue weighted by molar-refractivity contribution is 0.166. The van der Waals surface area contributed by atoms with Gasteiger partial charge in [-0.3, -0.25) is 4.90 Å². The monoisotopic (exact) mass is 277 g/mol. The summed E-state index contributed by atoms with van der Waals surface area (Å²) >= 11 is 0. The predicted octanol–water partition coefficient (Wildman–Crippen LogP) is 3.09. The lowest BCUT2D eigenvalue weighted by atomic mass is 9.95. The first kappa shape index (κ1) is 16.6. The first-order valence-electron chi connectivity index (χ1n) is 7.18. The van der Waals surface area contributed by atoms with Crippen LogP contribution in [0.4, 0.5) is 4.39 Å². The van der Waals surface area contributed by atoms with Crippen molar-refractivity contribution >= 4 is 0 Å². The first-order valence-corrected chi connectivity index (χ1v) is 7.18. The molecule has 110 valence electrons. The lowest BCUT2D eigenvalue weighted by Gasteiger charge is -2.35. The number of nitrogens with two attached hydrogens (primary N) is 1. The van der Waals surface area contributed by atoms with Crippen LogP contribution in [0.25, 0.3) is 0 Å². The largest absolute Gasteiger partial charge is 0.326 e. The zero-order valence-electron chi connectivity index (χ0n) is 12.5. The van der Waals surface area contributed by atoms with Gasteiger partial charge in [-0.05, 0) is 37.6 Å². The highest BCUT2D eigenvalue weighted by Gasteiger charge is 2.25. The molecule has 20 heavy (non-hydrogen) atoms. The summed E-state index contributed by atoms with van der Waals surface area (Å²) in [5.74, 6) is -0.298. The summed E-state index contributed by atoms with van der Waals surface area (Å²) in [6, 6.07) is 8.74. The molecule has 0 fully saturated rings. The van der Waals surface area contributed by atoms with Crippen molar-refractivity contribution in [3.63, 3.8) is 0 Å². The summed E-state index contributed by atoms with van der Waals surface area (Å²) < 4.78 is 13.1. The van der Waals surface area contributed by atoms with Crippen LogP contribution in [0, 0.1) is 23.1 Å². The van der Waals surface area contributed by atoms with E-state index in [-0.39, 0.29) is 23.8 Å². The van der Waals surface area contributed by atoms with Gasteiger partial charge in [-0.1, -0.05) is 26.0 Å². The van der Waals surface area contributed by atoms with Gasteiger partial charge in [0.1, 0.15) is 5.82 Å². The number of rotatable bonds is 7. The highest BCUT2D eigenvalue weighted by molar-refractivity contribution is 5.21. The summed E-state index contributed by atoms with van der Waals surface area (Å²) in [4.78, 5) is 2.20. The van der Waals surface area contributed by atoms with E-state index in [1.807, 2.05) is 13.8 Å². The van der Waals surface area contributed by atoms with E-state index in [2.05, 4.69) is 17.9 Å². The molecule has 0 heterocycles. The second kappa shape index (κ2) is 7.98. The molecule has 3 unspecified atom stereocenters. The summed E-state index contributed by atoms with van der Waals surface area (Å²) in [5.41, 5.74) is 7.27. The molecule has 1 rings (SSSR count). The van der Waals surface area contributed by atoms with Crippen molar-refractivity contribution in [1.82, 2.24) is 4.90 Å². The average Bonchev–Trinajstić information content (AvgIpc) is 2.47. The van der Waals surface area contributed by atoms with Gasteiger partial charge in [0.2, 0.25) is 0 Å². The minimum absolute atomic E-state index is 0.0152. The number of likely N-dealkylation sites (N-methyl/N-ethyl adjacent to an activating group) is 1. The molecule has 2 N–H and O–H groups in total. The van der Waals surface area contributed by atoms with Crippen LogP contribution in [0.2, 0.25) is 0 Å². The third-order valence-electron chi connectivity index (χ3n) is 3.62. The van der Waals surface area contributed by atoms with Crippen LogP contribution in [0.5, 0.6) is 0 Å². The highest BCUT2D eigenvalue weighted by atomic mass is 19.1. The summed E-state index contributed by atoms with van der Waals surface area (Å²) in [6.45, 7) is 7.48. The van der Waals surface area contributed by atoms with Crippen LogP contribution in [0.3, 0.4) is 0 Å². The van der Waals surface area contributed by atoms with Crippen LogP contribution in [-0.4, -0.2) is 24.0 Å². The van der Waals surface area contributed by atoms with Crippen molar-refractivity contribution in [2.75, 3.05) is 13.1 Å². The number of hydrogen-bond acceptors (Lipinski definition) is 3. The molecular formula is C16H24FN3. The van der Waals surface area contributed by atoms with Gasteiger partial charge in [0.05, 0.1) is 12.0 Å². The smallest absolute Gasteiger partial charge is 0.123 e. The van der Waals surface area contributed by atoms with E-state index >= 15 is 0 Å². The van der Waals surface area contributed by atoms with Gasteiger partial charge in [0.15, 0.2) is 0 Å². The number of hydrogen-bond donors (Lipinski definition) is 1. The Morgan fingerprint density at radius 3 is 2.35 bits per heavy atom. The normalized spacial score (nSPS) is 15.7. The third kappa shape index (κ3) is 4.29. The Morgan fingerprint density at radius 2 is 1.90 bits per heavy atom. The number of nitrogens with zero attached hydrogens (tertiary/aromatic N) is 2. The number of benzene rings is 1. The van der Waals surface area contributed by atoms with Crippen LogP contribution in [-0.2, 0) is 0 Å². The maximum Gasteiger partial charge on any atom is 0.123 e. The molecule has 1 aromatic rings. The van der Waals surface area contributed by atoms with Crippen LogP contribution in [0.15, 0.2) is 24.3 Å². The Morgan fingerprint density at radius 1 is 1.30 bits per heavy atom. The van der Waals surface area contributed by atoms with Crippen molar-refractivity contribution in [3.8, 4) is 6.07 Å². The van der Waals surface area contributed by atoms with E-state index < -0.39 is 0 Å². The Labute approximate surface area is 121 Å². The third-order valence-corrected chi connectivity index (χ3v) is 3.62. The van der Waals surface area contributed by atoms with Gasteiger partial charge >= 0.3 is 0 Å². The second-order valence-corrected chi connectivity index (χ2v) is 5.19. The molecule has 3 atom stereocenters. The first-order chi connectivity index (χ1) is 9.53. The van der Waals surface area contributed by atoms with Gasteiger partial charge in [-0.15, -0.1) is 0 Å². The van der Waals surface area contributed by atoms with E-state index in [4.69, 9.17) is 11.0 Å². The van der Waals surface area contributed by atoms with E-state index in [0.29, 0.717) is 6.54 Å². The molecular weight excluding hydrogens is 253 g/mol. The van der Waals surface area contributed by atoms with Crippen molar-refractivity contribution < 1.29 is 4.39 Å². The van der Waals surface area contributed by atoms with Crippen molar-refractivity contribution in [3.05, 3.63) is 35.6 Å². The maximum absolute atomic E-state index is 13.1. The molecule has 1 aromatic carbocycles. The van der Waals surface area contributed by atoms with Crippen molar-refractivity contribution in [2.24, 2.45) is 11.7 Å². The fourth-order valence-electron chi connectivity index (χ4n) is 2.44. The highest BCUT2D eigenvalue weighted by Crippen LogP contribution is 2.26. The number of halogens is 1. The Bertz CT molecular complexity index is 438. The molecule has 0 aromatic heterocycles. The van der Waals surface area contributed by atoms with E-state index in [1.54, 1.807) is 12.1 Å². The van der Waals surface area contributed by atoms with Gasteiger partial charge in [0, 0.05) is 18.6 Å². The average molecular weight is 277 g/mol. The standard InChI is InChI=1S/C16H24FN3/c1-4-15(19)16(13-6-8-14(17)9-7-13)20(5-2)11-12(3)10-18/h6-9,12,15-16H,4-5,11,19H2,1-3H3. The van der Waals surface area contributed by atoms with E-state index in [9.17, 15) is 4.39 Å². The van der Waals surface area contributed by atoms with Crippen LogP contribution < -0.4 is 5.73 Å². The molecule has 0 aliphatic rings. The molecule has 0 aliphatic carbocycles. The number of nitriles is 1. The molecule has 4 heteroatoms. The predicted molar refractivity (Wildman–Crippen MR) is 79.4 cm³/mol. The molecule has 0 saturated carbocycles.